The van der Waals surface area contributed by atoms with Gasteiger partial charge in [-0.15, -0.1) is 0 Å². The van der Waals surface area contributed by atoms with Gasteiger partial charge in [-0.05, 0) is 24.3 Å². The lowest BCUT2D eigenvalue weighted by molar-refractivity contribution is -0.140. The maximum atomic E-state index is 12.2. The number of amides is 1. The van der Waals surface area contributed by atoms with Crippen molar-refractivity contribution in [3.05, 3.63) is 39.3 Å². The highest BCUT2D eigenvalue weighted by Crippen LogP contribution is 2.34. The Morgan fingerprint density at radius 3 is 3.00 bits per heavy atom. The molecule has 3 rings (SSSR count). The largest absolute Gasteiger partial charge is 0.480 e. The van der Waals surface area contributed by atoms with Crippen molar-refractivity contribution in [2.75, 3.05) is 6.54 Å². The lowest BCUT2D eigenvalue weighted by atomic mass is 10.1. The summed E-state index contributed by atoms with van der Waals surface area (Å²) in [4.78, 5) is 27.7. The normalized spacial score (nSPS) is 17.0. The average molecular weight is 397 g/mol. The molecule has 22 heavy (non-hydrogen) atoms. The Labute approximate surface area is 143 Å². The fourth-order valence-electron chi connectivity index (χ4n) is 2.15. The van der Waals surface area contributed by atoms with E-state index in [9.17, 15) is 9.59 Å². The highest BCUT2D eigenvalue weighted by atomic mass is 79.9. The maximum Gasteiger partial charge on any atom is 0.323 e. The van der Waals surface area contributed by atoms with Crippen LogP contribution in [0.4, 0.5) is 0 Å². The molecule has 0 radical (unpaired) electrons. The van der Waals surface area contributed by atoms with Crippen molar-refractivity contribution < 1.29 is 14.7 Å². The van der Waals surface area contributed by atoms with Gasteiger partial charge in [-0.25, -0.2) is 0 Å². The van der Waals surface area contributed by atoms with Gasteiger partial charge >= 0.3 is 5.97 Å². The molecule has 1 amide bonds. The molecule has 1 aromatic carbocycles. The fraction of sp³-hybridized carbons (Fsp3) is 0.0714. The van der Waals surface area contributed by atoms with Gasteiger partial charge in [-0.3, -0.25) is 14.5 Å². The summed E-state index contributed by atoms with van der Waals surface area (Å²) in [5.41, 5.74) is 1.81. The van der Waals surface area contributed by atoms with E-state index in [4.69, 9.17) is 17.3 Å². The molecule has 2 heterocycles. The van der Waals surface area contributed by atoms with E-state index < -0.39 is 12.5 Å². The topological polar surface area (TPSA) is 73.4 Å². The number of carboxylic acids is 1. The minimum Gasteiger partial charge on any atom is -0.480 e. The number of hydrogen-bond acceptors (Lipinski definition) is 4. The van der Waals surface area contributed by atoms with Crippen LogP contribution in [0, 0.1) is 0 Å². The Bertz CT molecular complexity index is 844. The Morgan fingerprint density at radius 2 is 2.27 bits per heavy atom. The number of nitrogens with zero attached hydrogens (tertiary/aromatic N) is 1. The number of halogens is 1. The Hall–Kier alpha value is -1.64. The van der Waals surface area contributed by atoms with Gasteiger partial charge in [0.05, 0.1) is 4.91 Å². The molecule has 112 valence electrons. The summed E-state index contributed by atoms with van der Waals surface area (Å²) < 4.78 is 1.20. The van der Waals surface area contributed by atoms with Crippen molar-refractivity contribution in [1.29, 1.82) is 0 Å². The third-order valence-electron chi connectivity index (χ3n) is 3.13. The minimum absolute atomic E-state index is 0.264. The van der Waals surface area contributed by atoms with E-state index in [-0.39, 0.29) is 10.2 Å². The first-order chi connectivity index (χ1) is 10.5. The van der Waals surface area contributed by atoms with E-state index in [1.165, 1.54) is 0 Å². The fourth-order valence-corrected chi connectivity index (χ4v) is 3.75. The lowest BCUT2D eigenvalue weighted by Crippen LogP contribution is -2.33. The number of thioether (sulfide) groups is 1. The summed E-state index contributed by atoms with van der Waals surface area (Å²) in [6, 6.07) is 5.82. The van der Waals surface area contributed by atoms with Crippen molar-refractivity contribution >= 4 is 73.1 Å². The van der Waals surface area contributed by atoms with Crippen molar-refractivity contribution in [3.63, 3.8) is 0 Å². The van der Waals surface area contributed by atoms with Crippen LogP contribution in [0.3, 0.4) is 0 Å². The number of carbonyl (C=O) groups is 2. The summed E-state index contributed by atoms with van der Waals surface area (Å²) in [7, 11) is 0. The van der Waals surface area contributed by atoms with E-state index >= 15 is 0 Å². The van der Waals surface area contributed by atoms with E-state index in [2.05, 4.69) is 20.9 Å². The lowest BCUT2D eigenvalue weighted by Gasteiger charge is -2.10. The third kappa shape index (κ3) is 2.81. The maximum absolute atomic E-state index is 12.2. The molecule has 1 aliphatic rings. The molecule has 1 fully saturated rings. The van der Waals surface area contributed by atoms with Crippen molar-refractivity contribution in [1.82, 2.24) is 9.88 Å². The third-order valence-corrected chi connectivity index (χ3v) is 5.00. The predicted octanol–water partition coefficient (Wildman–Crippen LogP) is 3.22. The standard InChI is InChI=1S/C14H9BrN2O3S2/c15-8-1-2-10-9(4-8)7(5-16-10)3-11-13(20)17(6-12(18)19)14(21)22-11/h1-5,16H,6H2,(H,18,19)/b11-3+. The number of aromatic amines is 1. The van der Waals surface area contributed by atoms with Crippen LogP contribution in [-0.2, 0) is 9.59 Å². The first-order valence-electron chi connectivity index (χ1n) is 6.19. The number of benzene rings is 1. The van der Waals surface area contributed by atoms with Crippen LogP contribution in [0.5, 0.6) is 0 Å². The van der Waals surface area contributed by atoms with Crippen molar-refractivity contribution in [2.45, 2.75) is 0 Å². The van der Waals surface area contributed by atoms with Crippen LogP contribution >= 0.6 is 39.9 Å². The van der Waals surface area contributed by atoms with Crippen LogP contribution in [0.1, 0.15) is 5.56 Å². The summed E-state index contributed by atoms with van der Waals surface area (Å²) >= 11 is 9.61. The van der Waals surface area contributed by atoms with Crippen LogP contribution in [0.15, 0.2) is 33.8 Å². The molecule has 0 atom stereocenters. The number of hydrogen-bond donors (Lipinski definition) is 2. The zero-order valence-corrected chi connectivity index (χ0v) is 14.2. The number of fused-ring (bicyclic) bond motifs is 1. The summed E-state index contributed by atoms with van der Waals surface area (Å²) in [5, 5.41) is 9.80. The van der Waals surface area contributed by atoms with E-state index in [1.54, 1.807) is 12.3 Å². The number of aromatic nitrogens is 1. The highest BCUT2D eigenvalue weighted by Gasteiger charge is 2.33. The molecular formula is C14H9BrN2O3S2. The number of nitrogens with one attached hydrogen (secondary N) is 1. The molecule has 0 bridgehead atoms. The SMILES string of the molecule is O=C(O)CN1C(=O)/C(=C\c2c[nH]c3ccc(Br)cc23)SC1=S. The van der Waals surface area contributed by atoms with Gasteiger partial charge < -0.3 is 10.1 Å². The molecule has 1 saturated heterocycles. The monoisotopic (exact) mass is 396 g/mol. The number of carboxylic acid groups (broad SMARTS) is 1. The molecule has 0 unspecified atom stereocenters. The summed E-state index contributed by atoms with van der Waals surface area (Å²) in [6.45, 7) is -0.415. The van der Waals surface area contributed by atoms with Gasteiger partial charge in [0, 0.05) is 27.1 Å². The Balaban J connectivity index is 1.98. The van der Waals surface area contributed by atoms with Crippen LogP contribution in [0.2, 0.25) is 0 Å². The average Bonchev–Trinajstić information content (AvgIpc) is 2.95. The molecular weight excluding hydrogens is 388 g/mol. The number of carbonyl (C=O) groups excluding carboxylic acids is 1. The Kier molecular flexibility index (Phi) is 4.07. The van der Waals surface area contributed by atoms with Crippen molar-refractivity contribution in [2.24, 2.45) is 0 Å². The molecule has 0 spiro atoms. The van der Waals surface area contributed by atoms with Gasteiger partial charge in [0.15, 0.2) is 0 Å². The van der Waals surface area contributed by atoms with Gasteiger partial charge in [0.2, 0.25) is 0 Å². The molecule has 8 heteroatoms. The number of H-pyrrole nitrogens is 1. The van der Waals surface area contributed by atoms with Gasteiger partial charge in [0.1, 0.15) is 10.9 Å². The predicted molar refractivity (Wildman–Crippen MR) is 93.5 cm³/mol. The molecule has 1 aromatic heterocycles. The number of thiocarbonyl (C=S) groups is 1. The van der Waals surface area contributed by atoms with E-state index in [0.29, 0.717) is 4.91 Å². The zero-order chi connectivity index (χ0) is 15.9. The number of aliphatic carboxylic acids is 1. The van der Waals surface area contributed by atoms with Gasteiger partial charge in [-0.1, -0.05) is 39.9 Å². The molecule has 2 aromatic rings. The summed E-state index contributed by atoms with van der Waals surface area (Å²) in [6.07, 6.45) is 3.53. The first-order valence-corrected chi connectivity index (χ1v) is 8.21. The zero-order valence-electron chi connectivity index (χ0n) is 11.0. The van der Waals surface area contributed by atoms with E-state index in [1.807, 2.05) is 18.2 Å². The minimum atomic E-state index is -1.09. The molecule has 0 aliphatic carbocycles. The molecule has 5 nitrogen and oxygen atoms in total. The van der Waals surface area contributed by atoms with Crippen LogP contribution < -0.4 is 0 Å². The molecule has 0 saturated carbocycles. The van der Waals surface area contributed by atoms with Crippen LogP contribution in [0.25, 0.3) is 17.0 Å². The smallest absolute Gasteiger partial charge is 0.323 e. The van der Waals surface area contributed by atoms with Crippen LogP contribution in [-0.4, -0.2) is 37.7 Å². The highest BCUT2D eigenvalue weighted by molar-refractivity contribution is 9.10. The second-order valence-electron chi connectivity index (χ2n) is 4.60. The summed E-state index contributed by atoms with van der Waals surface area (Å²) in [5.74, 6) is -1.46. The molecule has 1 aliphatic heterocycles. The first kappa shape index (κ1) is 15.3. The second kappa shape index (κ2) is 5.86. The van der Waals surface area contributed by atoms with Gasteiger partial charge in [-0.2, -0.15) is 0 Å². The number of rotatable bonds is 3. The van der Waals surface area contributed by atoms with Gasteiger partial charge in [0.25, 0.3) is 5.91 Å². The molecule has 2 N–H and O–H groups in total. The van der Waals surface area contributed by atoms with E-state index in [0.717, 1.165) is 37.6 Å². The van der Waals surface area contributed by atoms with Crippen molar-refractivity contribution in [3.8, 4) is 0 Å². The quantitative estimate of drug-likeness (QED) is 0.615. The Morgan fingerprint density at radius 1 is 1.50 bits per heavy atom. The second-order valence-corrected chi connectivity index (χ2v) is 7.19.